The molecule has 79 heavy (non-hydrogen) atoms. The standard InChI is InChI=1S/C58H94N10O11/c1-14-37(8)50(45(78-12)33-46(69)68-30-19-23-44(68)51(79-13)38(9)52(70)64-43(57(75)76)32-40-20-16-15-17-21-40)67(11)56(74)48(35(4)5)65-55(73)49(36(6)7)66(10)31-28-39-24-26-41(27-25-39)62-53(71)42(22-18-29-61-58(60)77)63-54(72)47(59)34(2)3/h15-17,20-21,24-27,34-38,42-45,47-51H,14,18-19,22-23,28-33,59H2,1-13H3,(H,62,71)(H,63,72)(H,64,70)(H,65,73)(H,75,76)(H3,60,61,77)/t37-,38+,42?,43-,44?,45+,47?,48?,49?,50-,51+/m0/s1. The summed E-state index contributed by atoms with van der Waals surface area (Å²) in [4.78, 5) is 112. The number of carboxylic acid groups (broad SMARTS) is 1. The molecule has 0 saturated carbocycles. The van der Waals surface area contributed by atoms with Gasteiger partial charge in [-0.15, -0.1) is 0 Å². The van der Waals surface area contributed by atoms with E-state index in [1.54, 1.807) is 60.2 Å². The van der Waals surface area contributed by atoms with Crippen LogP contribution in [0.25, 0.3) is 0 Å². The number of urea groups is 1. The Morgan fingerprint density at radius 2 is 1.41 bits per heavy atom. The molecule has 0 aromatic heterocycles. The number of carbonyl (C=O) groups excluding carboxylic acids is 7. The lowest BCUT2D eigenvalue weighted by molar-refractivity contribution is -0.148. The van der Waals surface area contributed by atoms with E-state index in [-0.39, 0.29) is 67.2 Å². The van der Waals surface area contributed by atoms with Crippen LogP contribution in [0.1, 0.15) is 112 Å². The zero-order valence-electron chi connectivity index (χ0n) is 49.1. The van der Waals surface area contributed by atoms with Crippen molar-refractivity contribution in [1.29, 1.82) is 0 Å². The fraction of sp³-hybridized carbons (Fsp3) is 0.655. The van der Waals surface area contributed by atoms with Crippen molar-refractivity contribution in [3.63, 3.8) is 0 Å². The van der Waals surface area contributed by atoms with Crippen molar-refractivity contribution in [3.8, 4) is 0 Å². The fourth-order valence-corrected chi connectivity index (χ4v) is 10.4. The summed E-state index contributed by atoms with van der Waals surface area (Å²) in [6, 6.07) is 10.2. The van der Waals surface area contributed by atoms with E-state index in [0.29, 0.717) is 50.9 Å². The summed E-state index contributed by atoms with van der Waals surface area (Å²) in [5, 5.41) is 23.9. The van der Waals surface area contributed by atoms with Crippen LogP contribution in [0.5, 0.6) is 0 Å². The number of amides is 8. The number of carboxylic acids is 1. The molecule has 0 spiro atoms. The summed E-state index contributed by atoms with van der Waals surface area (Å²) in [6.45, 7) is 18.1. The summed E-state index contributed by atoms with van der Waals surface area (Å²) in [7, 11) is 6.56. The lowest BCUT2D eigenvalue weighted by Gasteiger charge is -2.41. The molecule has 1 aliphatic heterocycles. The van der Waals surface area contributed by atoms with Crippen molar-refractivity contribution in [1.82, 2.24) is 36.0 Å². The predicted molar refractivity (Wildman–Crippen MR) is 304 cm³/mol. The topological polar surface area (TPSA) is 297 Å². The molecule has 10 N–H and O–H groups in total. The molecule has 0 aliphatic carbocycles. The van der Waals surface area contributed by atoms with E-state index in [2.05, 4.69) is 26.6 Å². The lowest BCUT2D eigenvalue weighted by atomic mass is 9.89. The van der Waals surface area contributed by atoms with Crippen molar-refractivity contribution in [2.45, 2.75) is 168 Å². The Morgan fingerprint density at radius 1 is 0.772 bits per heavy atom. The number of anilines is 1. The zero-order chi connectivity index (χ0) is 59.3. The fourth-order valence-electron chi connectivity index (χ4n) is 10.4. The van der Waals surface area contributed by atoms with E-state index in [1.165, 1.54) is 14.2 Å². The largest absolute Gasteiger partial charge is 0.480 e. The molecule has 2 aromatic rings. The molecule has 21 nitrogen and oxygen atoms in total. The van der Waals surface area contributed by atoms with E-state index in [4.69, 9.17) is 20.9 Å². The average Bonchev–Trinajstić information content (AvgIpc) is 3.91. The summed E-state index contributed by atoms with van der Waals surface area (Å²) < 4.78 is 12.0. The SMILES string of the molecule is CC[C@H](C)[C@@H]([C@@H](CC(=O)N1CCCC1[C@H](OC)[C@@H](C)C(=O)N[C@@H](Cc1ccccc1)C(=O)O)OC)N(C)C(=O)C(NC(=O)C(C(C)C)N(C)CCc1ccc(NC(=O)C(CCCNC(N)=O)NC(=O)C(N)C(C)C)cc1)C(C)C. The van der Waals surface area contributed by atoms with Crippen LogP contribution in [-0.4, -0.2) is 170 Å². The zero-order valence-corrected chi connectivity index (χ0v) is 49.1. The minimum Gasteiger partial charge on any atom is -0.480 e. The number of primary amides is 1. The third-order valence-electron chi connectivity index (χ3n) is 15.4. The first-order chi connectivity index (χ1) is 37.3. The second-order valence-corrected chi connectivity index (χ2v) is 22.3. The van der Waals surface area contributed by atoms with Crippen molar-refractivity contribution >= 4 is 53.1 Å². The number of hydrogen-bond donors (Lipinski definition) is 8. The van der Waals surface area contributed by atoms with E-state index in [9.17, 15) is 43.5 Å². The Bertz CT molecular complexity index is 2290. The first-order valence-electron chi connectivity index (χ1n) is 28.0. The number of ether oxygens (including phenoxy) is 2. The highest BCUT2D eigenvalue weighted by atomic mass is 16.5. The molecule has 21 heteroatoms. The summed E-state index contributed by atoms with van der Waals surface area (Å²) in [6.07, 6.45) is 1.62. The number of methoxy groups -OCH3 is 2. The van der Waals surface area contributed by atoms with Gasteiger partial charge < -0.3 is 62.4 Å². The van der Waals surface area contributed by atoms with Crippen LogP contribution in [0.4, 0.5) is 10.5 Å². The maximum atomic E-state index is 14.8. The van der Waals surface area contributed by atoms with Crippen LogP contribution >= 0.6 is 0 Å². The molecule has 442 valence electrons. The van der Waals surface area contributed by atoms with Crippen LogP contribution in [0.2, 0.25) is 0 Å². The Morgan fingerprint density at radius 3 is 1.95 bits per heavy atom. The van der Waals surface area contributed by atoms with Crippen LogP contribution in [-0.2, 0) is 55.9 Å². The third-order valence-corrected chi connectivity index (χ3v) is 15.4. The number of benzene rings is 2. The van der Waals surface area contributed by atoms with Gasteiger partial charge in [0.1, 0.15) is 18.1 Å². The van der Waals surface area contributed by atoms with Gasteiger partial charge >= 0.3 is 12.0 Å². The van der Waals surface area contributed by atoms with Gasteiger partial charge in [-0.2, -0.15) is 0 Å². The van der Waals surface area contributed by atoms with Gasteiger partial charge in [0.25, 0.3) is 0 Å². The minimum absolute atomic E-state index is 0.0712. The maximum Gasteiger partial charge on any atom is 0.326 e. The quantitative estimate of drug-likeness (QED) is 0.0471. The summed E-state index contributed by atoms with van der Waals surface area (Å²) in [5.74, 6) is -4.93. The highest BCUT2D eigenvalue weighted by molar-refractivity contribution is 5.98. The smallest absolute Gasteiger partial charge is 0.326 e. The molecule has 0 radical (unpaired) electrons. The Labute approximate surface area is 468 Å². The number of likely N-dealkylation sites (N-methyl/N-ethyl adjacent to an activating group) is 2. The molecular weight excluding hydrogens is 1010 g/mol. The molecule has 0 bridgehead atoms. The first-order valence-corrected chi connectivity index (χ1v) is 28.0. The van der Waals surface area contributed by atoms with Crippen LogP contribution in [0.3, 0.4) is 0 Å². The number of nitrogens with two attached hydrogens (primary N) is 2. The van der Waals surface area contributed by atoms with Gasteiger partial charge in [-0.05, 0) is 86.1 Å². The molecule has 8 amide bonds. The molecule has 5 unspecified atom stereocenters. The predicted octanol–water partition coefficient (Wildman–Crippen LogP) is 3.91. The maximum absolute atomic E-state index is 14.8. The molecule has 3 rings (SSSR count). The first kappa shape index (κ1) is 67.1. The molecule has 2 aromatic carbocycles. The normalized spacial score (nSPS) is 17.4. The average molecular weight is 1110 g/mol. The van der Waals surface area contributed by atoms with Gasteiger partial charge in [0.15, 0.2) is 0 Å². The van der Waals surface area contributed by atoms with E-state index in [0.717, 1.165) is 11.1 Å². The highest BCUT2D eigenvalue weighted by Crippen LogP contribution is 2.30. The second-order valence-electron chi connectivity index (χ2n) is 22.3. The lowest BCUT2D eigenvalue weighted by Crippen LogP contribution is -2.60. The third kappa shape index (κ3) is 20.2. The van der Waals surface area contributed by atoms with Crippen molar-refractivity contribution < 1.29 is 52.9 Å². The molecule has 1 saturated heterocycles. The Hall–Kier alpha value is -6.16. The van der Waals surface area contributed by atoms with E-state index >= 15 is 0 Å². The molecule has 1 fully saturated rings. The van der Waals surface area contributed by atoms with Gasteiger partial charge in [0.05, 0.1) is 48.7 Å². The van der Waals surface area contributed by atoms with Crippen LogP contribution in [0.15, 0.2) is 54.6 Å². The van der Waals surface area contributed by atoms with E-state index < -0.39 is 90.1 Å². The van der Waals surface area contributed by atoms with Crippen LogP contribution < -0.4 is 38.1 Å². The number of hydrogen-bond acceptors (Lipinski definition) is 12. The molecular formula is C58H94N10O11. The molecule has 1 aliphatic rings. The number of rotatable bonds is 33. The van der Waals surface area contributed by atoms with Gasteiger partial charge in [0.2, 0.25) is 35.4 Å². The number of likely N-dealkylation sites (tertiary alicyclic amines) is 1. The number of carbonyl (C=O) groups is 8. The number of nitrogens with zero attached hydrogens (tertiary/aromatic N) is 3. The molecule has 1 heterocycles. The number of nitrogens with one attached hydrogen (secondary N) is 5. The summed E-state index contributed by atoms with van der Waals surface area (Å²) in [5.41, 5.74) is 13.4. The van der Waals surface area contributed by atoms with E-state index in [1.807, 2.05) is 85.5 Å². The van der Waals surface area contributed by atoms with Gasteiger partial charge in [0, 0.05) is 53.0 Å². The Balaban J connectivity index is 1.71. The van der Waals surface area contributed by atoms with Crippen LogP contribution in [0, 0.1) is 29.6 Å². The monoisotopic (exact) mass is 1110 g/mol. The van der Waals surface area contributed by atoms with Crippen molar-refractivity contribution in [2.24, 2.45) is 41.1 Å². The summed E-state index contributed by atoms with van der Waals surface area (Å²) >= 11 is 0. The molecule has 11 atom stereocenters. The number of aliphatic carboxylic acids is 1. The Kier molecular flexibility index (Phi) is 27.9. The second kappa shape index (κ2) is 32.8. The van der Waals surface area contributed by atoms with Gasteiger partial charge in [-0.25, -0.2) is 9.59 Å². The minimum atomic E-state index is -1.16. The van der Waals surface area contributed by atoms with Gasteiger partial charge in [-0.1, -0.05) is 111 Å². The van der Waals surface area contributed by atoms with Crippen molar-refractivity contribution in [3.05, 3.63) is 65.7 Å². The van der Waals surface area contributed by atoms with Gasteiger partial charge in [-0.3, -0.25) is 33.7 Å². The highest BCUT2D eigenvalue weighted by Gasteiger charge is 2.44. The van der Waals surface area contributed by atoms with Crippen molar-refractivity contribution in [2.75, 3.05) is 53.3 Å².